The quantitative estimate of drug-likeness (QED) is 0.481. The molecule has 0 radical (unpaired) electrons. The molecule has 2 heterocycles. The molecule has 8 heteroatoms. The van der Waals surface area contributed by atoms with Crippen molar-refractivity contribution in [2.75, 3.05) is 46.4 Å². The second-order valence-electron chi connectivity index (χ2n) is 12.6. The number of hydrogen-bond acceptors (Lipinski definition) is 5. The van der Waals surface area contributed by atoms with E-state index in [0.717, 1.165) is 51.5 Å². The lowest BCUT2D eigenvalue weighted by Crippen LogP contribution is -2.52. The number of carbonyl (C=O) groups excluding carboxylic acids is 3. The van der Waals surface area contributed by atoms with Crippen LogP contribution in [0.5, 0.6) is 0 Å². The molecule has 2 aliphatic carbocycles. The monoisotopic (exact) mass is 518 g/mol. The summed E-state index contributed by atoms with van der Waals surface area (Å²) in [5.41, 5.74) is 0. The Morgan fingerprint density at radius 1 is 0.946 bits per heavy atom. The molecular formula is C29H50N4O4. The summed E-state index contributed by atoms with van der Waals surface area (Å²) in [4.78, 5) is 41.4. The standard InChI is InChI=1S/C29H50N4O4/c1-18-13-19(2)32-29(36)26(18)16-31-28(35)25-15-23(14-24(20(25)3)27(34)30-4)22-7-5-21(6-8-22)17-33-9-11-37-12-10-33/h18-26H,5-17H2,1-4H3,(H,30,34)(H,31,35)(H,32,36). The van der Waals surface area contributed by atoms with Crippen LogP contribution in [-0.4, -0.2) is 75.1 Å². The molecule has 4 fully saturated rings. The zero-order valence-electron chi connectivity index (χ0n) is 23.5. The fourth-order valence-electron chi connectivity index (χ4n) is 7.74. The molecule has 2 aliphatic heterocycles. The first-order valence-electron chi connectivity index (χ1n) is 14.9. The van der Waals surface area contributed by atoms with Gasteiger partial charge in [0.15, 0.2) is 0 Å². The number of rotatable bonds is 7. The second-order valence-corrected chi connectivity index (χ2v) is 12.6. The van der Waals surface area contributed by atoms with E-state index in [-0.39, 0.29) is 53.4 Å². The first-order chi connectivity index (χ1) is 17.8. The molecule has 0 aromatic heterocycles. The molecule has 8 nitrogen and oxygen atoms in total. The topological polar surface area (TPSA) is 99.8 Å². The van der Waals surface area contributed by atoms with Crippen LogP contribution in [0.4, 0.5) is 0 Å². The molecular weight excluding hydrogens is 468 g/mol. The van der Waals surface area contributed by atoms with Gasteiger partial charge in [-0.1, -0.05) is 13.8 Å². The summed E-state index contributed by atoms with van der Waals surface area (Å²) in [6.07, 6.45) is 7.53. The average molecular weight is 519 g/mol. The normalized spacial score (nSPS) is 39.5. The summed E-state index contributed by atoms with van der Waals surface area (Å²) >= 11 is 0. The molecule has 210 valence electrons. The number of hydrogen-bond donors (Lipinski definition) is 3. The Bertz CT molecular complexity index is 793. The van der Waals surface area contributed by atoms with E-state index in [0.29, 0.717) is 18.4 Å². The molecule has 7 unspecified atom stereocenters. The van der Waals surface area contributed by atoms with Crippen LogP contribution < -0.4 is 16.0 Å². The van der Waals surface area contributed by atoms with E-state index in [1.165, 1.54) is 32.2 Å². The van der Waals surface area contributed by atoms with Crippen molar-refractivity contribution in [2.24, 2.45) is 47.3 Å². The van der Waals surface area contributed by atoms with Gasteiger partial charge in [0.1, 0.15) is 0 Å². The van der Waals surface area contributed by atoms with E-state index >= 15 is 0 Å². The summed E-state index contributed by atoms with van der Waals surface area (Å²) in [7, 11) is 1.70. The zero-order chi connectivity index (χ0) is 26.5. The number of morpholine rings is 1. The fraction of sp³-hybridized carbons (Fsp3) is 0.897. The molecule has 7 atom stereocenters. The van der Waals surface area contributed by atoms with E-state index in [2.05, 4.69) is 34.7 Å². The van der Waals surface area contributed by atoms with Gasteiger partial charge in [-0.3, -0.25) is 19.3 Å². The molecule has 2 saturated carbocycles. The van der Waals surface area contributed by atoms with E-state index in [9.17, 15) is 14.4 Å². The minimum Gasteiger partial charge on any atom is -0.379 e. The molecule has 3 N–H and O–H groups in total. The number of nitrogens with zero attached hydrogens (tertiary/aromatic N) is 1. The molecule has 0 spiro atoms. The smallest absolute Gasteiger partial charge is 0.225 e. The Kier molecular flexibility index (Phi) is 9.90. The van der Waals surface area contributed by atoms with Crippen molar-refractivity contribution in [1.82, 2.24) is 20.9 Å². The van der Waals surface area contributed by atoms with E-state index in [1.54, 1.807) is 7.05 Å². The Morgan fingerprint density at radius 3 is 2.22 bits per heavy atom. The lowest BCUT2D eigenvalue weighted by Gasteiger charge is -2.44. The Hall–Kier alpha value is -1.67. The van der Waals surface area contributed by atoms with Crippen molar-refractivity contribution in [3.05, 3.63) is 0 Å². The third-order valence-corrected chi connectivity index (χ3v) is 10.1. The van der Waals surface area contributed by atoms with Crippen LogP contribution in [-0.2, 0) is 19.1 Å². The van der Waals surface area contributed by atoms with Crippen molar-refractivity contribution in [2.45, 2.75) is 71.8 Å². The third kappa shape index (κ3) is 7.05. The molecule has 4 aliphatic rings. The number of amides is 3. The highest BCUT2D eigenvalue weighted by molar-refractivity contribution is 5.84. The molecule has 4 rings (SSSR count). The van der Waals surface area contributed by atoms with Gasteiger partial charge in [0.05, 0.1) is 19.1 Å². The van der Waals surface area contributed by atoms with Crippen molar-refractivity contribution < 1.29 is 19.1 Å². The van der Waals surface area contributed by atoms with Crippen LogP contribution in [0.2, 0.25) is 0 Å². The van der Waals surface area contributed by atoms with Gasteiger partial charge in [-0.2, -0.15) is 0 Å². The largest absolute Gasteiger partial charge is 0.379 e. The van der Waals surface area contributed by atoms with Crippen LogP contribution in [0.1, 0.15) is 65.7 Å². The van der Waals surface area contributed by atoms with Crippen LogP contribution in [0.3, 0.4) is 0 Å². The van der Waals surface area contributed by atoms with Crippen molar-refractivity contribution in [1.29, 1.82) is 0 Å². The maximum absolute atomic E-state index is 13.5. The lowest BCUT2D eigenvalue weighted by atomic mass is 9.62. The van der Waals surface area contributed by atoms with Crippen LogP contribution >= 0.6 is 0 Å². The highest BCUT2D eigenvalue weighted by Crippen LogP contribution is 2.46. The number of nitrogens with one attached hydrogen (secondary N) is 3. The minimum absolute atomic E-state index is 0.00788. The zero-order valence-corrected chi connectivity index (χ0v) is 23.5. The van der Waals surface area contributed by atoms with Crippen LogP contribution in [0.25, 0.3) is 0 Å². The summed E-state index contributed by atoms with van der Waals surface area (Å²) in [6, 6.07) is 0.186. The van der Waals surface area contributed by atoms with Crippen LogP contribution in [0.15, 0.2) is 0 Å². The highest BCUT2D eigenvalue weighted by atomic mass is 16.5. The van der Waals surface area contributed by atoms with E-state index < -0.39 is 0 Å². The van der Waals surface area contributed by atoms with Gasteiger partial charge >= 0.3 is 0 Å². The number of ether oxygens (including phenoxy) is 1. The Labute approximate surface area is 223 Å². The Balaban J connectivity index is 1.35. The minimum atomic E-state index is -0.189. The van der Waals surface area contributed by atoms with Gasteiger partial charge < -0.3 is 20.7 Å². The predicted molar refractivity (Wildman–Crippen MR) is 144 cm³/mol. The lowest BCUT2D eigenvalue weighted by molar-refractivity contribution is -0.136. The molecule has 0 aromatic carbocycles. The molecule has 37 heavy (non-hydrogen) atoms. The predicted octanol–water partition coefficient (Wildman–Crippen LogP) is 2.43. The fourth-order valence-corrected chi connectivity index (χ4v) is 7.74. The van der Waals surface area contributed by atoms with Crippen LogP contribution in [0, 0.1) is 47.3 Å². The maximum atomic E-state index is 13.5. The van der Waals surface area contributed by atoms with Crippen molar-refractivity contribution >= 4 is 17.7 Å². The van der Waals surface area contributed by atoms with Crippen molar-refractivity contribution in [3.63, 3.8) is 0 Å². The van der Waals surface area contributed by atoms with Crippen molar-refractivity contribution in [3.8, 4) is 0 Å². The Morgan fingerprint density at radius 2 is 1.59 bits per heavy atom. The number of carbonyl (C=O) groups is 3. The molecule has 2 saturated heterocycles. The SMILES string of the molecule is CNC(=O)C1CC(C2CCC(CN3CCOCC3)CC2)CC(C(=O)NCC2C(=O)NC(C)CC2C)C1C. The summed E-state index contributed by atoms with van der Waals surface area (Å²) in [5.74, 6) is 1.57. The molecule has 0 bridgehead atoms. The average Bonchev–Trinajstić information content (AvgIpc) is 2.88. The molecule has 0 aromatic rings. The highest BCUT2D eigenvalue weighted by Gasteiger charge is 2.45. The third-order valence-electron chi connectivity index (χ3n) is 10.1. The maximum Gasteiger partial charge on any atom is 0.225 e. The first-order valence-corrected chi connectivity index (χ1v) is 14.9. The van der Waals surface area contributed by atoms with Gasteiger partial charge in [0.2, 0.25) is 17.7 Å². The van der Waals surface area contributed by atoms with E-state index in [4.69, 9.17) is 4.74 Å². The van der Waals surface area contributed by atoms with Gasteiger partial charge in [-0.15, -0.1) is 0 Å². The van der Waals surface area contributed by atoms with Gasteiger partial charge in [-0.05, 0) is 81.5 Å². The second kappa shape index (κ2) is 12.9. The van der Waals surface area contributed by atoms with Gasteiger partial charge in [0.25, 0.3) is 0 Å². The summed E-state index contributed by atoms with van der Waals surface area (Å²) < 4.78 is 5.50. The van der Waals surface area contributed by atoms with E-state index in [1.807, 2.05) is 6.92 Å². The molecule has 3 amide bonds. The van der Waals surface area contributed by atoms with Gasteiger partial charge in [0, 0.05) is 51.1 Å². The first kappa shape index (κ1) is 28.3. The number of piperidine rings is 1. The summed E-state index contributed by atoms with van der Waals surface area (Å²) in [5, 5.41) is 9.02. The summed E-state index contributed by atoms with van der Waals surface area (Å²) in [6.45, 7) is 11.5. The van der Waals surface area contributed by atoms with Gasteiger partial charge in [-0.25, -0.2) is 0 Å².